The number of carbonyl (C=O) groups excluding carboxylic acids is 2. The van der Waals surface area contributed by atoms with Crippen molar-refractivity contribution < 1.29 is 24.5 Å². The number of ether oxygens (including phenoxy) is 1. The summed E-state index contributed by atoms with van der Waals surface area (Å²) in [6.45, 7) is 7.46. The van der Waals surface area contributed by atoms with Gasteiger partial charge < -0.3 is 14.9 Å². The number of hydrogen-bond donors (Lipinski definition) is 3. The number of nitrogens with one attached hydrogen (secondary N) is 1. The summed E-state index contributed by atoms with van der Waals surface area (Å²) in [6, 6.07) is 9.17. The van der Waals surface area contributed by atoms with Crippen molar-refractivity contribution in [3.05, 3.63) is 30.3 Å². The van der Waals surface area contributed by atoms with Gasteiger partial charge >= 0.3 is 0 Å². The number of unbranched alkanes of at least 4 members (excludes halogenated alkanes) is 1. The van der Waals surface area contributed by atoms with E-state index in [1.807, 2.05) is 39.0 Å². The highest BCUT2D eigenvalue weighted by Crippen LogP contribution is 2.22. The molecule has 2 aliphatic rings. The average molecular weight is 411 g/mol. The summed E-state index contributed by atoms with van der Waals surface area (Å²) >= 11 is 0. The molecule has 1 aromatic carbocycles. The topological polar surface area (TPSA) is 99.1 Å². The number of carbonyl (C=O) groups is 2. The monoisotopic (exact) mass is 410 g/mol. The van der Waals surface area contributed by atoms with Crippen LogP contribution in [0.2, 0.25) is 0 Å². The molecular formula is C22H38N2O5. The molecule has 0 spiro atoms. The summed E-state index contributed by atoms with van der Waals surface area (Å²) in [6.07, 6.45) is 7.01. The Morgan fingerprint density at radius 1 is 1.00 bits per heavy atom. The van der Waals surface area contributed by atoms with E-state index < -0.39 is 5.92 Å². The highest BCUT2D eigenvalue weighted by molar-refractivity contribution is 6.14. The van der Waals surface area contributed by atoms with Crippen LogP contribution in [0.4, 0.5) is 5.69 Å². The Bertz CT molecular complexity index is 531. The molecule has 1 aliphatic heterocycles. The van der Waals surface area contributed by atoms with E-state index in [0.717, 1.165) is 26.1 Å². The second kappa shape index (κ2) is 18.1. The lowest BCUT2D eigenvalue weighted by atomic mass is 10.0. The number of hydrogen-bond acceptors (Lipinski definition) is 5. The predicted molar refractivity (Wildman–Crippen MR) is 115 cm³/mol. The fourth-order valence-corrected chi connectivity index (χ4v) is 2.15. The van der Waals surface area contributed by atoms with E-state index in [4.69, 9.17) is 14.9 Å². The van der Waals surface area contributed by atoms with Gasteiger partial charge in [-0.2, -0.15) is 0 Å². The first-order valence-corrected chi connectivity index (χ1v) is 10.6. The minimum absolute atomic E-state index is 0.125. The third kappa shape index (κ3) is 13.0. The lowest BCUT2D eigenvalue weighted by Crippen LogP contribution is -2.35. The smallest absolute Gasteiger partial charge is 0.258 e. The molecule has 1 saturated carbocycles. The van der Waals surface area contributed by atoms with E-state index in [9.17, 15) is 9.59 Å². The third-order valence-corrected chi connectivity index (χ3v) is 3.78. The van der Waals surface area contributed by atoms with Gasteiger partial charge in [-0.1, -0.05) is 57.2 Å². The molecule has 3 rings (SSSR count). The van der Waals surface area contributed by atoms with Gasteiger partial charge in [0.1, 0.15) is 5.92 Å². The number of rotatable bonds is 7. The summed E-state index contributed by atoms with van der Waals surface area (Å²) in [5.74, 6) is -0.850. The average Bonchev–Trinajstić information content (AvgIpc) is 3.60. The van der Waals surface area contributed by atoms with Crippen molar-refractivity contribution in [1.82, 2.24) is 5.43 Å². The Morgan fingerprint density at radius 2 is 1.55 bits per heavy atom. The summed E-state index contributed by atoms with van der Waals surface area (Å²) in [4.78, 5) is 23.8. The maximum Gasteiger partial charge on any atom is 0.258 e. The zero-order chi connectivity index (χ0) is 21.9. The summed E-state index contributed by atoms with van der Waals surface area (Å²) < 4.78 is 4.83. The first kappa shape index (κ1) is 27.0. The molecule has 0 aromatic heterocycles. The lowest BCUT2D eigenvalue weighted by Gasteiger charge is -2.14. The van der Waals surface area contributed by atoms with E-state index in [1.54, 1.807) is 12.1 Å². The first-order valence-electron chi connectivity index (χ1n) is 10.6. The highest BCUT2D eigenvalue weighted by Gasteiger charge is 2.39. The van der Waals surface area contributed by atoms with Crippen LogP contribution >= 0.6 is 0 Å². The van der Waals surface area contributed by atoms with Gasteiger partial charge in [0.25, 0.3) is 11.8 Å². The third-order valence-electron chi connectivity index (χ3n) is 3.78. The van der Waals surface area contributed by atoms with Crippen LogP contribution in [0.5, 0.6) is 0 Å². The molecule has 1 aromatic rings. The molecular weight excluding hydrogens is 372 g/mol. The molecule has 166 valence electrons. The molecule has 2 amide bonds. The molecule has 0 radical (unpaired) electrons. The number of nitrogens with zero attached hydrogens (tertiary/aromatic N) is 1. The Hall–Kier alpha value is -1.96. The number of hydrazine groups is 1. The van der Waals surface area contributed by atoms with E-state index in [-0.39, 0.29) is 25.0 Å². The van der Waals surface area contributed by atoms with E-state index in [1.165, 1.54) is 24.3 Å². The SMILES string of the molecule is C1CC1.CCCCC1C(=O)NN(c2ccccc2)C1=O.CCOCC.OCCO. The van der Waals surface area contributed by atoms with E-state index in [2.05, 4.69) is 5.43 Å². The van der Waals surface area contributed by atoms with Gasteiger partial charge in [0, 0.05) is 13.2 Å². The van der Waals surface area contributed by atoms with E-state index >= 15 is 0 Å². The molecule has 1 heterocycles. The van der Waals surface area contributed by atoms with E-state index in [0.29, 0.717) is 12.1 Å². The molecule has 1 atom stereocenters. The normalized spacial score (nSPS) is 16.4. The summed E-state index contributed by atoms with van der Waals surface area (Å²) in [5.41, 5.74) is 3.34. The first-order chi connectivity index (χ1) is 14.1. The van der Waals surface area contributed by atoms with Gasteiger partial charge in [-0.05, 0) is 32.4 Å². The minimum Gasteiger partial charge on any atom is -0.394 e. The number of para-hydroxylation sites is 1. The van der Waals surface area contributed by atoms with Crippen molar-refractivity contribution in [3.8, 4) is 0 Å². The van der Waals surface area contributed by atoms with Crippen LogP contribution in [0.15, 0.2) is 30.3 Å². The highest BCUT2D eigenvalue weighted by atomic mass is 16.5. The Labute approximate surface area is 175 Å². The Morgan fingerprint density at radius 3 is 1.93 bits per heavy atom. The number of anilines is 1. The fourth-order valence-electron chi connectivity index (χ4n) is 2.15. The minimum atomic E-state index is -0.518. The lowest BCUT2D eigenvalue weighted by molar-refractivity contribution is -0.127. The standard InChI is InChI=1S/C13H16N2O2.C4H10O.C3H6.C2H6O2/c1-2-3-9-11-12(16)14-15(13(11)17)10-7-5-4-6-8-10;1-3-5-4-2;1-2-3-1;3-1-2-4/h4-8,11H,2-3,9H2,1H3,(H,14,16);3-4H2,1-2H3;1-3H2;3-4H,1-2H2. The summed E-state index contributed by atoms with van der Waals surface area (Å²) in [5, 5.41) is 16.6. The zero-order valence-corrected chi connectivity index (χ0v) is 18.1. The van der Waals surface area contributed by atoms with Gasteiger partial charge in [-0.15, -0.1) is 0 Å². The second-order valence-electron chi connectivity index (χ2n) is 6.47. The molecule has 3 N–H and O–H groups in total. The van der Waals surface area contributed by atoms with Crippen LogP contribution < -0.4 is 10.4 Å². The maximum absolute atomic E-state index is 12.1. The number of aliphatic hydroxyl groups excluding tert-OH is 2. The predicted octanol–water partition coefficient (Wildman–Crippen LogP) is 3.05. The van der Waals surface area contributed by atoms with Crippen LogP contribution in [0.1, 0.15) is 59.3 Å². The van der Waals surface area contributed by atoms with Crippen LogP contribution in [0, 0.1) is 5.92 Å². The van der Waals surface area contributed by atoms with Crippen molar-refractivity contribution in [1.29, 1.82) is 0 Å². The number of amides is 2. The van der Waals surface area contributed by atoms with Crippen molar-refractivity contribution >= 4 is 17.5 Å². The fraction of sp³-hybridized carbons (Fsp3) is 0.636. The maximum atomic E-state index is 12.1. The Balaban J connectivity index is 0.000000533. The molecule has 1 saturated heterocycles. The molecule has 7 nitrogen and oxygen atoms in total. The second-order valence-corrected chi connectivity index (χ2v) is 6.47. The molecule has 29 heavy (non-hydrogen) atoms. The molecule has 2 fully saturated rings. The van der Waals surface area contributed by atoms with Crippen LogP contribution in [-0.2, 0) is 14.3 Å². The van der Waals surface area contributed by atoms with Gasteiger partial charge in [0.2, 0.25) is 0 Å². The van der Waals surface area contributed by atoms with Crippen molar-refractivity contribution in [2.45, 2.75) is 59.3 Å². The Kier molecular flexibility index (Phi) is 16.9. The van der Waals surface area contributed by atoms with Crippen molar-refractivity contribution in [2.24, 2.45) is 5.92 Å². The van der Waals surface area contributed by atoms with Gasteiger partial charge in [-0.3, -0.25) is 15.0 Å². The van der Waals surface area contributed by atoms with Crippen LogP contribution in [0.25, 0.3) is 0 Å². The molecule has 7 heteroatoms. The molecule has 1 aliphatic carbocycles. The molecule has 0 bridgehead atoms. The van der Waals surface area contributed by atoms with Crippen molar-refractivity contribution in [3.63, 3.8) is 0 Å². The van der Waals surface area contributed by atoms with Gasteiger partial charge in [0.05, 0.1) is 18.9 Å². The molecule has 1 unspecified atom stereocenters. The quantitative estimate of drug-likeness (QED) is 0.600. The van der Waals surface area contributed by atoms with Gasteiger partial charge in [-0.25, -0.2) is 5.01 Å². The number of benzene rings is 1. The number of aliphatic hydroxyl groups is 2. The van der Waals surface area contributed by atoms with Crippen LogP contribution in [-0.4, -0.2) is 48.5 Å². The largest absolute Gasteiger partial charge is 0.394 e. The van der Waals surface area contributed by atoms with Gasteiger partial charge in [0.15, 0.2) is 0 Å². The van der Waals surface area contributed by atoms with Crippen LogP contribution in [0.3, 0.4) is 0 Å². The summed E-state index contributed by atoms with van der Waals surface area (Å²) in [7, 11) is 0. The zero-order valence-electron chi connectivity index (χ0n) is 18.1. The van der Waals surface area contributed by atoms with Crippen molar-refractivity contribution in [2.75, 3.05) is 31.4 Å².